The smallest absolute Gasteiger partial charge is 0.320 e. The van der Waals surface area contributed by atoms with Crippen LogP contribution in [-0.4, -0.2) is 30.0 Å². The lowest BCUT2D eigenvalue weighted by Gasteiger charge is -2.06. The largest absolute Gasteiger partial charge is 0.337 e. The Morgan fingerprint density at radius 1 is 1.39 bits per heavy atom. The van der Waals surface area contributed by atoms with Crippen LogP contribution >= 0.6 is 27.7 Å². The van der Waals surface area contributed by atoms with Gasteiger partial charge in [0.25, 0.3) is 0 Å². The van der Waals surface area contributed by atoms with E-state index in [2.05, 4.69) is 31.6 Å². The summed E-state index contributed by atoms with van der Waals surface area (Å²) >= 11 is 4.97. The molecule has 1 aromatic rings. The Morgan fingerprint density at radius 3 is 2.83 bits per heavy atom. The van der Waals surface area contributed by atoms with Crippen LogP contribution in [0, 0.1) is 0 Å². The number of nitrogens with zero attached hydrogens (tertiary/aromatic N) is 1. The second kappa shape index (κ2) is 6.80. The lowest BCUT2D eigenvalue weighted by atomic mass is 10.1. The summed E-state index contributed by atoms with van der Waals surface area (Å²) in [7, 11) is 0. The quantitative estimate of drug-likeness (QED) is 0.895. The van der Waals surface area contributed by atoms with E-state index >= 15 is 0 Å². The molecule has 18 heavy (non-hydrogen) atoms. The molecule has 2 N–H and O–H groups in total. The first-order chi connectivity index (χ1) is 8.74. The number of amides is 2. The molecule has 0 unspecified atom stereocenters. The highest BCUT2D eigenvalue weighted by Crippen LogP contribution is 2.10. The van der Waals surface area contributed by atoms with Gasteiger partial charge in [0, 0.05) is 16.8 Å². The van der Waals surface area contributed by atoms with E-state index in [1.165, 1.54) is 5.56 Å². The fraction of sp³-hybridized carbons (Fsp3) is 0.333. The van der Waals surface area contributed by atoms with Gasteiger partial charge >= 0.3 is 6.03 Å². The maximum atomic E-state index is 11.5. The third-order valence-corrected chi connectivity index (χ3v) is 3.84. The Labute approximate surface area is 119 Å². The van der Waals surface area contributed by atoms with Crippen LogP contribution in [0.15, 0.2) is 33.7 Å². The highest BCUT2D eigenvalue weighted by molar-refractivity contribution is 9.10. The van der Waals surface area contributed by atoms with E-state index < -0.39 is 0 Å². The molecule has 1 aliphatic rings. The SMILES string of the molecule is O=C(NCCc1ccc(Br)cc1)NC1=NCCS1. The molecule has 1 aliphatic heterocycles. The first-order valence-electron chi connectivity index (χ1n) is 5.70. The van der Waals surface area contributed by atoms with E-state index in [4.69, 9.17) is 0 Å². The maximum absolute atomic E-state index is 11.5. The molecule has 2 rings (SSSR count). The molecule has 0 atom stereocenters. The van der Waals surface area contributed by atoms with Crippen LogP contribution in [0.4, 0.5) is 4.79 Å². The predicted octanol–water partition coefficient (Wildman–Crippen LogP) is 2.39. The lowest BCUT2D eigenvalue weighted by molar-refractivity contribution is 0.245. The molecule has 0 aliphatic carbocycles. The molecule has 0 saturated heterocycles. The predicted molar refractivity (Wildman–Crippen MR) is 79.1 cm³/mol. The molecule has 0 spiro atoms. The third-order valence-electron chi connectivity index (χ3n) is 2.42. The van der Waals surface area contributed by atoms with Gasteiger partial charge in [-0.05, 0) is 24.1 Å². The zero-order valence-corrected chi connectivity index (χ0v) is 12.2. The van der Waals surface area contributed by atoms with E-state index in [1.807, 2.05) is 24.3 Å². The highest BCUT2D eigenvalue weighted by atomic mass is 79.9. The van der Waals surface area contributed by atoms with Crippen molar-refractivity contribution < 1.29 is 4.79 Å². The van der Waals surface area contributed by atoms with Crippen LogP contribution in [0.5, 0.6) is 0 Å². The Balaban J connectivity index is 1.68. The summed E-state index contributed by atoms with van der Waals surface area (Å²) in [4.78, 5) is 15.7. The zero-order chi connectivity index (χ0) is 12.8. The molecule has 96 valence electrons. The van der Waals surface area contributed by atoms with Crippen molar-refractivity contribution in [3.05, 3.63) is 34.3 Å². The lowest BCUT2D eigenvalue weighted by Crippen LogP contribution is -2.38. The minimum atomic E-state index is -0.180. The number of rotatable bonds is 3. The van der Waals surface area contributed by atoms with Crippen LogP contribution in [0.25, 0.3) is 0 Å². The summed E-state index contributed by atoms with van der Waals surface area (Å²) < 4.78 is 1.06. The molecule has 0 aromatic heterocycles. The van der Waals surface area contributed by atoms with Crippen LogP contribution < -0.4 is 10.6 Å². The number of aliphatic imine (C=N–C) groups is 1. The topological polar surface area (TPSA) is 53.5 Å². The van der Waals surface area contributed by atoms with Crippen LogP contribution in [0.3, 0.4) is 0 Å². The van der Waals surface area contributed by atoms with Gasteiger partial charge in [0.1, 0.15) is 0 Å². The Kier molecular flexibility index (Phi) is 5.07. The number of hydrogen-bond acceptors (Lipinski definition) is 3. The van der Waals surface area contributed by atoms with Crippen molar-refractivity contribution in [2.75, 3.05) is 18.8 Å². The number of amidine groups is 1. The van der Waals surface area contributed by atoms with Crippen molar-refractivity contribution >= 4 is 38.9 Å². The summed E-state index contributed by atoms with van der Waals surface area (Å²) in [5, 5.41) is 6.27. The summed E-state index contributed by atoms with van der Waals surface area (Å²) in [5.41, 5.74) is 1.20. The summed E-state index contributed by atoms with van der Waals surface area (Å²) in [5.74, 6) is 0.953. The van der Waals surface area contributed by atoms with Crippen LogP contribution in [-0.2, 0) is 6.42 Å². The van der Waals surface area contributed by atoms with Gasteiger partial charge in [-0.2, -0.15) is 0 Å². The van der Waals surface area contributed by atoms with Gasteiger partial charge in [-0.15, -0.1) is 0 Å². The average Bonchev–Trinajstić information content (AvgIpc) is 2.84. The second-order valence-electron chi connectivity index (χ2n) is 3.79. The summed E-state index contributed by atoms with van der Waals surface area (Å²) in [6, 6.07) is 7.90. The van der Waals surface area contributed by atoms with Gasteiger partial charge < -0.3 is 5.32 Å². The first kappa shape index (κ1) is 13.4. The highest BCUT2D eigenvalue weighted by Gasteiger charge is 2.09. The van der Waals surface area contributed by atoms with Gasteiger partial charge in [-0.3, -0.25) is 10.3 Å². The van der Waals surface area contributed by atoms with Crippen molar-refractivity contribution in [3.63, 3.8) is 0 Å². The average molecular weight is 328 g/mol. The molecule has 6 heteroatoms. The van der Waals surface area contributed by atoms with Crippen molar-refractivity contribution in [3.8, 4) is 0 Å². The van der Waals surface area contributed by atoms with Crippen molar-refractivity contribution in [2.45, 2.75) is 6.42 Å². The molecule has 4 nitrogen and oxygen atoms in total. The Morgan fingerprint density at radius 2 is 2.17 bits per heavy atom. The second-order valence-corrected chi connectivity index (χ2v) is 5.79. The number of carbonyl (C=O) groups is 1. The van der Waals surface area contributed by atoms with Crippen LogP contribution in [0.2, 0.25) is 0 Å². The number of benzene rings is 1. The number of halogens is 1. The van der Waals surface area contributed by atoms with Crippen molar-refractivity contribution in [1.29, 1.82) is 0 Å². The Hall–Kier alpha value is -1.01. The molecule has 0 fully saturated rings. The first-order valence-corrected chi connectivity index (χ1v) is 7.48. The standard InChI is InChI=1S/C12H14BrN3OS/c13-10-3-1-9(2-4-10)5-6-14-11(17)16-12-15-7-8-18-12/h1-4H,5-8H2,(H2,14,15,16,17). The van der Waals surface area contributed by atoms with Gasteiger partial charge in [-0.25, -0.2) is 4.79 Å². The minimum absolute atomic E-state index is 0.180. The molecule has 0 radical (unpaired) electrons. The molecular formula is C12H14BrN3OS. The molecule has 1 heterocycles. The number of carbonyl (C=O) groups excluding carboxylic acids is 1. The van der Waals surface area contributed by atoms with Gasteiger partial charge in [-0.1, -0.05) is 39.8 Å². The molecule has 1 aromatic carbocycles. The normalized spacial score (nSPS) is 14.2. The van der Waals surface area contributed by atoms with Crippen molar-refractivity contribution in [2.24, 2.45) is 4.99 Å². The number of urea groups is 1. The number of nitrogens with one attached hydrogen (secondary N) is 2. The summed E-state index contributed by atoms with van der Waals surface area (Å²) in [6.45, 7) is 1.41. The van der Waals surface area contributed by atoms with E-state index in [0.29, 0.717) is 6.54 Å². The van der Waals surface area contributed by atoms with Gasteiger partial charge in [0.15, 0.2) is 5.17 Å². The third kappa shape index (κ3) is 4.34. The maximum Gasteiger partial charge on any atom is 0.320 e. The fourth-order valence-electron chi connectivity index (χ4n) is 1.52. The van der Waals surface area contributed by atoms with E-state index in [1.54, 1.807) is 11.8 Å². The van der Waals surface area contributed by atoms with Crippen molar-refractivity contribution in [1.82, 2.24) is 10.6 Å². The Bertz CT molecular complexity index is 447. The zero-order valence-electron chi connectivity index (χ0n) is 9.78. The van der Waals surface area contributed by atoms with E-state index in [9.17, 15) is 4.79 Å². The summed E-state index contributed by atoms with van der Waals surface area (Å²) in [6.07, 6.45) is 0.820. The molecule has 0 bridgehead atoms. The molecular weight excluding hydrogens is 314 g/mol. The molecule has 0 saturated carbocycles. The van der Waals surface area contributed by atoms with Gasteiger partial charge in [0.05, 0.1) is 6.54 Å². The number of hydrogen-bond donors (Lipinski definition) is 2. The minimum Gasteiger partial charge on any atom is -0.337 e. The monoisotopic (exact) mass is 327 g/mol. The number of thioether (sulfide) groups is 1. The van der Waals surface area contributed by atoms with Crippen LogP contribution in [0.1, 0.15) is 5.56 Å². The van der Waals surface area contributed by atoms with E-state index in [0.717, 1.165) is 28.4 Å². The van der Waals surface area contributed by atoms with Gasteiger partial charge in [0.2, 0.25) is 0 Å². The molecule has 2 amide bonds. The van der Waals surface area contributed by atoms with E-state index in [-0.39, 0.29) is 6.03 Å². The fourth-order valence-corrected chi connectivity index (χ4v) is 2.51.